The first-order chi connectivity index (χ1) is 15.8. The average molecular weight is 434 g/mol. The fourth-order valence-corrected chi connectivity index (χ4v) is 3.84. The summed E-state index contributed by atoms with van der Waals surface area (Å²) in [4.78, 5) is 6.61. The second-order valence-electron chi connectivity index (χ2n) is 7.89. The molecule has 0 radical (unpaired) electrons. The fraction of sp³-hybridized carbons (Fsp3) is 0.346. The van der Waals surface area contributed by atoms with Crippen molar-refractivity contribution in [1.29, 1.82) is 0 Å². The minimum atomic E-state index is 0.233. The summed E-state index contributed by atoms with van der Waals surface area (Å²) in [6, 6.07) is 20.9. The molecule has 1 aliphatic heterocycles. The Morgan fingerprint density at radius 1 is 1.00 bits per heavy atom. The Morgan fingerprint density at radius 3 is 2.59 bits per heavy atom. The van der Waals surface area contributed by atoms with E-state index in [2.05, 4.69) is 57.7 Å². The molecule has 2 heterocycles. The molecule has 168 valence electrons. The summed E-state index contributed by atoms with van der Waals surface area (Å²) >= 11 is 0. The highest BCUT2D eigenvalue weighted by Gasteiger charge is 2.18. The number of ether oxygens (including phenoxy) is 3. The van der Waals surface area contributed by atoms with Gasteiger partial charge in [-0.15, -0.1) is 0 Å². The number of morpholine rings is 1. The second kappa shape index (κ2) is 11.6. The van der Waals surface area contributed by atoms with Crippen molar-refractivity contribution in [3.8, 4) is 11.5 Å². The highest BCUT2D eigenvalue weighted by Crippen LogP contribution is 2.29. The van der Waals surface area contributed by atoms with Crippen LogP contribution in [0.4, 0.5) is 0 Å². The zero-order chi connectivity index (χ0) is 22.0. The number of hydrogen-bond acceptors (Lipinski definition) is 6. The summed E-state index contributed by atoms with van der Waals surface area (Å²) in [5.74, 6) is 1.46. The lowest BCUT2D eigenvalue weighted by atomic mass is 10.1. The van der Waals surface area contributed by atoms with Gasteiger partial charge in [-0.3, -0.25) is 9.88 Å². The Bertz CT molecular complexity index is 947. The molecule has 6 heteroatoms. The van der Waals surface area contributed by atoms with Gasteiger partial charge in [-0.05, 0) is 29.3 Å². The number of hydrogen-bond donors (Lipinski definition) is 1. The number of nitrogens with one attached hydrogen (secondary N) is 1. The lowest BCUT2D eigenvalue weighted by molar-refractivity contribution is 0.0333. The van der Waals surface area contributed by atoms with E-state index in [1.54, 1.807) is 13.3 Å². The zero-order valence-electron chi connectivity index (χ0n) is 18.6. The van der Waals surface area contributed by atoms with Crippen LogP contribution in [0.15, 0.2) is 73.1 Å². The van der Waals surface area contributed by atoms with Crippen LogP contribution in [0.3, 0.4) is 0 Å². The maximum Gasteiger partial charge on any atom is 0.161 e. The molecule has 0 bridgehead atoms. The summed E-state index contributed by atoms with van der Waals surface area (Å²) in [5, 5.41) is 3.75. The third-order valence-electron chi connectivity index (χ3n) is 5.64. The second-order valence-corrected chi connectivity index (χ2v) is 7.89. The van der Waals surface area contributed by atoms with Gasteiger partial charge in [-0.1, -0.05) is 42.5 Å². The predicted octanol–water partition coefficient (Wildman–Crippen LogP) is 3.83. The van der Waals surface area contributed by atoms with Crippen LogP contribution in [0.5, 0.6) is 11.5 Å². The van der Waals surface area contributed by atoms with E-state index in [0.29, 0.717) is 6.61 Å². The number of nitrogens with zero attached hydrogens (tertiary/aromatic N) is 2. The molecule has 1 fully saturated rings. The Hall–Kier alpha value is -2.93. The Labute approximate surface area is 190 Å². The molecule has 1 aromatic heterocycles. The molecule has 1 saturated heterocycles. The lowest BCUT2D eigenvalue weighted by Crippen LogP contribution is -2.41. The molecule has 0 amide bonds. The van der Waals surface area contributed by atoms with Crippen molar-refractivity contribution in [3.05, 3.63) is 89.7 Å². The van der Waals surface area contributed by atoms with Crippen molar-refractivity contribution in [2.45, 2.75) is 19.2 Å². The van der Waals surface area contributed by atoms with Crippen molar-refractivity contribution >= 4 is 0 Å². The van der Waals surface area contributed by atoms with E-state index in [1.807, 2.05) is 24.4 Å². The quantitative estimate of drug-likeness (QED) is 0.524. The van der Waals surface area contributed by atoms with Crippen LogP contribution in [0.2, 0.25) is 0 Å². The third kappa shape index (κ3) is 6.29. The SMILES string of the molecule is COc1ccc(CNC(CN2CCOCC2)c2ccccc2)cc1OCc1cccnc1. The number of benzene rings is 2. The first kappa shape index (κ1) is 22.3. The third-order valence-corrected chi connectivity index (χ3v) is 5.64. The largest absolute Gasteiger partial charge is 0.493 e. The predicted molar refractivity (Wildman–Crippen MR) is 125 cm³/mol. The summed E-state index contributed by atoms with van der Waals surface area (Å²) in [6.07, 6.45) is 3.57. The van der Waals surface area contributed by atoms with Crippen molar-refractivity contribution in [2.75, 3.05) is 40.0 Å². The molecule has 0 spiro atoms. The summed E-state index contributed by atoms with van der Waals surface area (Å²) in [6.45, 7) is 5.69. The van der Waals surface area contributed by atoms with Gasteiger partial charge in [0.15, 0.2) is 11.5 Å². The van der Waals surface area contributed by atoms with Gasteiger partial charge < -0.3 is 19.5 Å². The van der Waals surface area contributed by atoms with E-state index in [-0.39, 0.29) is 6.04 Å². The molecule has 1 atom stereocenters. The maximum atomic E-state index is 6.05. The van der Waals surface area contributed by atoms with Crippen molar-refractivity contribution in [1.82, 2.24) is 15.2 Å². The van der Waals surface area contributed by atoms with E-state index in [0.717, 1.165) is 62.0 Å². The van der Waals surface area contributed by atoms with Gasteiger partial charge in [0.1, 0.15) is 6.61 Å². The van der Waals surface area contributed by atoms with Gasteiger partial charge in [-0.2, -0.15) is 0 Å². The summed E-state index contributed by atoms with van der Waals surface area (Å²) in [7, 11) is 1.66. The van der Waals surface area contributed by atoms with Gasteiger partial charge in [0.2, 0.25) is 0 Å². The zero-order valence-corrected chi connectivity index (χ0v) is 18.6. The Morgan fingerprint density at radius 2 is 1.84 bits per heavy atom. The minimum absolute atomic E-state index is 0.233. The smallest absolute Gasteiger partial charge is 0.161 e. The van der Waals surface area contributed by atoms with Crippen LogP contribution in [0.25, 0.3) is 0 Å². The molecule has 4 rings (SSSR count). The molecule has 32 heavy (non-hydrogen) atoms. The normalized spacial score (nSPS) is 15.3. The number of aromatic nitrogens is 1. The molecule has 2 aromatic carbocycles. The molecule has 1 N–H and O–H groups in total. The first-order valence-corrected chi connectivity index (χ1v) is 11.1. The van der Waals surface area contributed by atoms with Gasteiger partial charge >= 0.3 is 0 Å². The molecule has 6 nitrogen and oxygen atoms in total. The van der Waals surface area contributed by atoms with Crippen LogP contribution in [-0.2, 0) is 17.9 Å². The standard InChI is InChI=1S/C26H31N3O3/c1-30-25-10-9-21(16-26(25)32-20-22-6-5-11-27-17-22)18-28-24(23-7-3-2-4-8-23)19-29-12-14-31-15-13-29/h2-11,16-17,24,28H,12-15,18-20H2,1H3. The van der Waals surface area contributed by atoms with Gasteiger partial charge in [-0.25, -0.2) is 0 Å². The van der Waals surface area contributed by atoms with Crippen molar-refractivity contribution < 1.29 is 14.2 Å². The van der Waals surface area contributed by atoms with Crippen LogP contribution in [0, 0.1) is 0 Å². The number of rotatable bonds is 10. The Balaban J connectivity index is 1.43. The highest BCUT2D eigenvalue weighted by atomic mass is 16.5. The van der Waals surface area contributed by atoms with E-state index in [9.17, 15) is 0 Å². The Kier molecular flexibility index (Phi) is 8.09. The molecular weight excluding hydrogens is 402 g/mol. The lowest BCUT2D eigenvalue weighted by Gasteiger charge is -2.31. The molecule has 0 saturated carbocycles. The van der Waals surface area contributed by atoms with Gasteiger partial charge in [0.05, 0.1) is 20.3 Å². The van der Waals surface area contributed by atoms with Gasteiger partial charge in [0, 0.05) is 50.2 Å². The maximum absolute atomic E-state index is 6.05. The number of methoxy groups -OCH3 is 1. The minimum Gasteiger partial charge on any atom is -0.493 e. The van der Waals surface area contributed by atoms with Crippen LogP contribution >= 0.6 is 0 Å². The number of pyridine rings is 1. The van der Waals surface area contributed by atoms with E-state index in [4.69, 9.17) is 14.2 Å². The fourth-order valence-electron chi connectivity index (χ4n) is 3.84. The molecule has 1 aliphatic rings. The van der Waals surface area contributed by atoms with Crippen LogP contribution < -0.4 is 14.8 Å². The molecular formula is C26H31N3O3. The van der Waals surface area contributed by atoms with E-state index in [1.165, 1.54) is 5.56 Å². The van der Waals surface area contributed by atoms with Crippen molar-refractivity contribution in [2.24, 2.45) is 0 Å². The summed E-state index contributed by atoms with van der Waals surface area (Å²) < 4.78 is 17.1. The van der Waals surface area contributed by atoms with Gasteiger partial charge in [0.25, 0.3) is 0 Å². The summed E-state index contributed by atoms with van der Waals surface area (Å²) in [5.41, 5.74) is 3.46. The van der Waals surface area contributed by atoms with E-state index >= 15 is 0 Å². The first-order valence-electron chi connectivity index (χ1n) is 11.1. The topological polar surface area (TPSA) is 55.9 Å². The van der Waals surface area contributed by atoms with E-state index < -0.39 is 0 Å². The molecule has 0 aliphatic carbocycles. The monoisotopic (exact) mass is 433 g/mol. The van der Waals surface area contributed by atoms with Crippen LogP contribution in [-0.4, -0.2) is 49.8 Å². The molecule has 1 unspecified atom stereocenters. The molecule has 3 aromatic rings. The highest BCUT2D eigenvalue weighted by molar-refractivity contribution is 5.43. The average Bonchev–Trinajstić information content (AvgIpc) is 2.87. The van der Waals surface area contributed by atoms with Crippen molar-refractivity contribution in [3.63, 3.8) is 0 Å². The van der Waals surface area contributed by atoms with Crippen LogP contribution in [0.1, 0.15) is 22.7 Å².